The summed E-state index contributed by atoms with van der Waals surface area (Å²) in [6.07, 6.45) is 1.02. The molecule has 0 aromatic rings. The number of ether oxygens (including phenoxy) is 1. The highest BCUT2D eigenvalue weighted by atomic mass is 16.5. The van der Waals surface area contributed by atoms with E-state index in [1.807, 2.05) is 13.8 Å². The third-order valence-electron chi connectivity index (χ3n) is 3.29. The highest BCUT2D eigenvalue weighted by molar-refractivity contribution is 5.94. The molecular formula is C14H26N2O3. The minimum atomic E-state index is -0.366. The summed E-state index contributed by atoms with van der Waals surface area (Å²) in [7, 11) is 0. The van der Waals surface area contributed by atoms with Crippen molar-refractivity contribution in [1.82, 2.24) is 10.2 Å². The normalized spacial score (nSPS) is 20.3. The maximum atomic E-state index is 11.9. The Hall–Kier alpha value is -1.10. The topological polar surface area (TPSA) is 58.6 Å². The van der Waals surface area contributed by atoms with Crippen molar-refractivity contribution >= 4 is 11.8 Å². The molecule has 1 N–H and O–H groups in total. The maximum Gasteiger partial charge on any atom is 0.243 e. The Morgan fingerprint density at radius 3 is 2.53 bits per heavy atom. The predicted octanol–water partition coefficient (Wildman–Crippen LogP) is 1.03. The SMILES string of the molecule is CC(C)CCOCCN1C(=O)CNC(=O)C1C(C)C. The van der Waals surface area contributed by atoms with Gasteiger partial charge in [-0.1, -0.05) is 27.7 Å². The molecule has 0 saturated carbocycles. The number of amides is 2. The van der Waals surface area contributed by atoms with Gasteiger partial charge in [0.25, 0.3) is 0 Å². The Morgan fingerprint density at radius 2 is 1.95 bits per heavy atom. The van der Waals surface area contributed by atoms with Gasteiger partial charge in [-0.15, -0.1) is 0 Å². The minimum absolute atomic E-state index is 0.0224. The lowest BCUT2D eigenvalue weighted by Crippen LogP contribution is -2.60. The van der Waals surface area contributed by atoms with Crippen LogP contribution in [-0.2, 0) is 14.3 Å². The molecule has 1 fully saturated rings. The lowest BCUT2D eigenvalue weighted by atomic mass is 9.99. The van der Waals surface area contributed by atoms with Gasteiger partial charge in [-0.05, 0) is 18.3 Å². The molecular weight excluding hydrogens is 244 g/mol. The quantitative estimate of drug-likeness (QED) is 0.703. The summed E-state index contributed by atoms with van der Waals surface area (Å²) in [4.78, 5) is 25.4. The average Bonchev–Trinajstić information content (AvgIpc) is 2.32. The van der Waals surface area contributed by atoms with Crippen LogP contribution < -0.4 is 5.32 Å². The van der Waals surface area contributed by atoms with Gasteiger partial charge in [-0.25, -0.2) is 0 Å². The number of nitrogens with one attached hydrogen (secondary N) is 1. The molecule has 1 unspecified atom stereocenters. The third-order valence-corrected chi connectivity index (χ3v) is 3.29. The number of carbonyl (C=O) groups is 2. The Morgan fingerprint density at radius 1 is 1.26 bits per heavy atom. The van der Waals surface area contributed by atoms with Crippen molar-refractivity contribution in [2.75, 3.05) is 26.3 Å². The fourth-order valence-corrected chi connectivity index (χ4v) is 2.18. The summed E-state index contributed by atoms with van der Waals surface area (Å²) in [5.74, 6) is 0.647. The monoisotopic (exact) mass is 270 g/mol. The first kappa shape index (κ1) is 16.0. The summed E-state index contributed by atoms with van der Waals surface area (Å²) in [6.45, 7) is 10.0. The largest absolute Gasteiger partial charge is 0.380 e. The van der Waals surface area contributed by atoms with Gasteiger partial charge in [-0.3, -0.25) is 9.59 Å². The van der Waals surface area contributed by atoms with Gasteiger partial charge < -0.3 is 15.0 Å². The lowest BCUT2D eigenvalue weighted by Gasteiger charge is -2.37. The molecule has 2 amide bonds. The highest BCUT2D eigenvalue weighted by Crippen LogP contribution is 2.14. The second-order valence-corrected chi connectivity index (χ2v) is 5.79. The van der Waals surface area contributed by atoms with Gasteiger partial charge in [0.2, 0.25) is 11.8 Å². The molecule has 19 heavy (non-hydrogen) atoms. The number of nitrogens with zero attached hydrogens (tertiary/aromatic N) is 1. The molecule has 0 bridgehead atoms. The van der Waals surface area contributed by atoms with Gasteiger partial charge in [0.15, 0.2) is 0 Å². The van der Waals surface area contributed by atoms with Crippen LogP contribution in [-0.4, -0.2) is 49.1 Å². The van der Waals surface area contributed by atoms with Gasteiger partial charge in [0, 0.05) is 13.2 Å². The molecule has 0 radical (unpaired) electrons. The number of rotatable bonds is 7. The van der Waals surface area contributed by atoms with E-state index < -0.39 is 0 Å². The standard InChI is InChI=1S/C14H26N2O3/c1-10(2)5-7-19-8-6-16-12(17)9-15-14(18)13(16)11(3)4/h10-11,13H,5-9H2,1-4H3,(H,15,18). The number of carbonyl (C=O) groups excluding carboxylic acids is 2. The Labute approximate surface area is 115 Å². The lowest BCUT2D eigenvalue weighted by molar-refractivity contribution is -0.148. The van der Waals surface area contributed by atoms with Crippen molar-refractivity contribution in [3.8, 4) is 0 Å². The number of hydrogen-bond donors (Lipinski definition) is 1. The fraction of sp³-hybridized carbons (Fsp3) is 0.857. The van der Waals surface area contributed by atoms with Crippen molar-refractivity contribution in [3.63, 3.8) is 0 Å². The Balaban J connectivity index is 2.43. The number of hydrogen-bond acceptors (Lipinski definition) is 3. The van der Waals surface area contributed by atoms with Crippen molar-refractivity contribution in [2.24, 2.45) is 11.8 Å². The van der Waals surface area contributed by atoms with Crippen LogP contribution in [0.25, 0.3) is 0 Å². The second-order valence-electron chi connectivity index (χ2n) is 5.79. The number of piperazine rings is 1. The Kier molecular flexibility index (Phi) is 6.28. The summed E-state index contributed by atoms with van der Waals surface area (Å²) < 4.78 is 5.53. The summed E-state index contributed by atoms with van der Waals surface area (Å²) in [5, 5.41) is 2.64. The van der Waals surface area contributed by atoms with Crippen molar-refractivity contribution in [2.45, 2.75) is 40.2 Å². The van der Waals surface area contributed by atoms with E-state index in [4.69, 9.17) is 4.74 Å². The molecule has 110 valence electrons. The highest BCUT2D eigenvalue weighted by Gasteiger charge is 2.35. The first-order valence-corrected chi connectivity index (χ1v) is 7.08. The fourth-order valence-electron chi connectivity index (χ4n) is 2.18. The molecule has 1 rings (SSSR count). The van der Waals surface area contributed by atoms with Crippen molar-refractivity contribution < 1.29 is 14.3 Å². The minimum Gasteiger partial charge on any atom is -0.380 e. The van der Waals surface area contributed by atoms with Gasteiger partial charge in [0.1, 0.15) is 6.04 Å². The van der Waals surface area contributed by atoms with E-state index in [1.165, 1.54) is 0 Å². The van der Waals surface area contributed by atoms with E-state index in [-0.39, 0.29) is 30.3 Å². The predicted molar refractivity (Wildman–Crippen MR) is 73.6 cm³/mol. The van der Waals surface area contributed by atoms with Crippen LogP contribution in [0.4, 0.5) is 0 Å². The molecule has 5 nitrogen and oxygen atoms in total. The zero-order valence-electron chi connectivity index (χ0n) is 12.4. The molecule has 0 aromatic carbocycles. The first-order chi connectivity index (χ1) is 8.93. The molecule has 1 atom stereocenters. The van der Waals surface area contributed by atoms with Crippen molar-refractivity contribution in [3.05, 3.63) is 0 Å². The van der Waals surface area contributed by atoms with Crippen LogP contribution >= 0.6 is 0 Å². The second kappa shape index (κ2) is 7.48. The van der Waals surface area contributed by atoms with Gasteiger partial charge in [-0.2, -0.15) is 0 Å². The van der Waals surface area contributed by atoms with Gasteiger partial charge >= 0.3 is 0 Å². The molecule has 0 spiro atoms. The zero-order chi connectivity index (χ0) is 14.4. The third kappa shape index (κ3) is 4.82. The molecule has 1 aliphatic heterocycles. The van der Waals surface area contributed by atoms with E-state index in [0.717, 1.165) is 6.42 Å². The maximum absolute atomic E-state index is 11.9. The zero-order valence-corrected chi connectivity index (χ0v) is 12.4. The van der Waals surface area contributed by atoms with E-state index in [1.54, 1.807) is 4.90 Å². The van der Waals surface area contributed by atoms with Crippen LogP contribution in [0.3, 0.4) is 0 Å². The van der Waals surface area contributed by atoms with Gasteiger partial charge in [0.05, 0.1) is 13.2 Å². The molecule has 5 heteroatoms. The van der Waals surface area contributed by atoms with Crippen LogP contribution in [0, 0.1) is 11.8 Å². The molecule has 0 aromatic heterocycles. The van der Waals surface area contributed by atoms with E-state index in [2.05, 4.69) is 19.2 Å². The van der Waals surface area contributed by atoms with Crippen LogP contribution in [0.2, 0.25) is 0 Å². The van der Waals surface area contributed by atoms with E-state index in [0.29, 0.717) is 25.7 Å². The summed E-state index contributed by atoms with van der Waals surface area (Å²) in [6, 6.07) is -0.366. The molecule has 1 aliphatic rings. The van der Waals surface area contributed by atoms with E-state index in [9.17, 15) is 9.59 Å². The van der Waals surface area contributed by atoms with Crippen LogP contribution in [0.15, 0.2) is 0 Å². The molecule has 0 aliphatic carbocycles. The molecule has 1 heterocycles. The van der Waals surface area contributed by atoms with Crippen LogP contribution in [0.1, 0.15) is 34.1 Å². The van der Waals surface area contributed by atoms with Crippen molar-refractivity contribution in [1.29, 1.82) is 0 Å². The van der Waals surface area contributed by atoms with Crippen LogP contribution in [0.5, 0.6) is 0 Å². The average molecular weight is 270 g/mol. The van der Waals surface area contributed by atoms with E-state index >= 15 is 0 Å². The molecule has 1 saturated heterocycles. The summed E-state index contributed by atoms with van der Waals surface area (Å²) >= 11 is 0. The Bertz CT molecular complexity index is 316. The summed E-state index contributed by atoms with van der Waals surface area (Å²) in [5.41, 5.74) is 0. The first-order valence-electron chi connectivity index (χ1n) is 7.08. The smallest absolute Gasteiger partial charge is 0.243 e.